The van der Waals surface area contributed by atoms with Gasteiger partial charge < -0.3 is 19.7 Å². The zero-order chi connectivity index (χ0) is 22.6. The first kappa shape index (κ1) is 22.6. The summed E-state index contributed by atoms with van der Waals surface area (Å²) < 4.78 is 25.2. The molecule has 2 unspecified atom stereocenters. The second-order valence-electron chi connectivity index (χ2n) is 9.14. The Kier molecular flexibility index (Phi) is 6.99. The Morgan fingerprint density at radius 3 is 2.34 bits per heavy atom. The molecule has 0 bridgehead atoms. The first-order valence-corrected chi connectivity index (χ1v) is 11.6. The number of ether oxygens (including phenoxy) is 2. The van der Waals surface area contributed by atoms with Crippen LogP contribution in [0.3, 0.4) is 0 Å². The average Bonchev–Trinajstić information content (AvgIpc) is 2.79. The Morgan fingerprint density at radius 2 is 1.69 bits per heavy atom. The van der Waals surface area contributed by atoms with Crippen LogP contribution in [0.5, 0.6) is 5.75 Å². The molecule has 0 saturated carbocycles. The largest absolute Gasteiger partial charge is 0.494 e. The average molecular weight is 441 g/mol. The molecule has 1 amide bonds. The lowest BCUT2D eigenvalue weighted by Gasteiger charge is -2.51. The molecule has 5 nitrogen and oxygen atoms in total. The number of nitrogens with one attached hydrogen (secondary N) is 1. The number of alkyl carbamates (subject to hydrolysis) is 1. The lowest BCUT2D eigenvalue weighted by molar-refractivity contribution is -0.103. The number of hydrogen-bond donors (Lipinski definition) is 1. The number of piperidine rings is 1. The van der Waals surface area contributed by atoms with Gasteiger partial charge in [0.1, 0.15) is 17.2 Å². The number of benzene rings is 2. The molecule has 0 radical (unpaired) electrons. The van der Waals surface area contributed by atoms with E-state index >= 15 is 0 Å². The fourth-order valence-electron chi connectivity index (χ4n) is 4.97. The molecular formula is C26H33FN2O3. The molecule has 0 aromatic heterocycles. The van der Waals surface area contributed by atoms with Crippen molar-refractivity contribution in [1.29, 1.82) is 0 Å². The predicted octanol–water partition coefficient (Wildman–Crippen LogP) is 4.59. The summed E-state index contributed by atoms with van der Waals surface area (Å²) in [4.78, 5) is 14.9. The van der Waals surface area contributed by atoms with Gasteiger partial charge >= 0.3 is 6.09 Å². The highest BCUT2D eigenvalue weighted by molar-refractivity contribution is 5.69. The zero-order valence-corrected chi connectivity index (χ0v) is 19.0. The topological polar surface area (TPSA) is 50.8 Å². The molecular weight excluding hydrogens is 407 g/mol. The van der Waals surface area contributed by atoms with Gasteiger partial charge in [-0.15, -0.1) is 0 Å². The van der Waals surface area contributed by atoms with Gasteiger partial charge in [0.05, 0.1) is 6.61 Å². The number of carbonyl (C=O) groups excluding carboxylic acids is 1. The lowest BCUT2D eigenvalue weighted by atomic mass is 9.70. The fraction of sp³-hybridized carbons (Fsp3) is 0.500. The van der Waals surface area contributed by atoms with Crippen molar-refractivity contribution in [3.8, 4) is 5.75 Å². The minimum absolute atomic E-state index is 0.0629. The Morgan fingerprint density at radius 1 is 1.06 bits per heavy atom. The standard InChI is InChI=1S/C26H33FN2O3/c1-3-16-31-22-10-6-20(7-11-22)18-24-23(17-19-4-8-21(27)9-5-19)26(32-25(30)28-24)12-14-29(2)15-13-26/h4-11,23-24H,3,12-18H2,1-2H3,(H,28,30). The van der Waals surface area contributed by atoms with E-state index in [1.807, 2.05) is 24.3 Å². The lowest BCUT2D eigenvalue weighted by Crippen LogP contribution is -2.64. The molecule has 2 aromatic carbocycles. The highest BCUT2D eigenvalue weighted by atomic mass is 19.1. The van der Waals surface area contributed by atoms with E-state index < -0.39 is 5.60 Å². The number of carbonyl (C=O) groups is 1. The second-order valence-corrected chi connectivity index (χ2v) is 9.14. The van der Waals surface area contributed by atoms with Crippen LogP contribution in [0.25, 0.3) is 0 Å². The maximum absolute atomic E-state index is 13.5. The normalized spacial score (nSPS) is 22.9. The van der Waals surface area contributed by atoms with Crippen molar-refractivity contribution < 1.29 is 18.7 Å². The highest BCUT2D eigenvalue weighted by Crippen LogP contribution is 2.41. The van der Waals surface area contributed by atoms with Crippen LogP contribution >= 0.6 is 0 Å². The third-order valence-electron chi connectivity index (χ3n) is 6.81. The third kappa shape index (κ3) is 5.23. The van der Waals surface area contributed by atoms with Crippen molar-refractivity contribution in [2.75, 3.05) is 26.7 Å². The smallest absolute Gasteiger partial charge is 0.407 e. The van der Waals surface area contributed by atoms with Crippen molar-refractivity contribution in [3.05, 3.63) is 65.5 Å². The Labute approximate surface area is 189 Å². The van der Waals surface area contributed by atoms with Gasteiger partial charge in [-0.2, -0.15) is 0 Å². The van der Waals surface area contributed by atoms with Gasteiger partial charge in [-0.3, -0.25) is 0 Å². The first-order valence-electron chi connectivity index (χ1n) is 11.6. The third-order valence-corrected chi connectivity index (χ3v) is 6.81. The molecule has 2 atom stereocenters. The molecule has 6 heteroatoms. The second kappa shape index (κ2) is 9.90. The number of hydrogen-bond acceptors (Lipinski definition) is 4. The van der Waals surface area contributed by atoms with Crippen LogP contribution in [0.1, 0.15) is 37.3 Å². The summed E-state index contributed by atoms with van der Waals surface area (Å²) in [7, 11) is 2.10. The van der Waals surface area contributed by atoms with Gasteiger partial charge in [0, 0.05) is 37.9 Å². The van der Waals surface area contributed by atoms with E-state index in [-0.39, 0.29) is 23.9 Å². The maximum atomic E-state index is 13.5. The number of rotatable bonds is 7. The summed E-state index contributed by atoms with van der Waals surface area (Å²) in [6.07, 6.45) is 3.70. The van der Waals surface area contributed by atoms with Crippen LogP contribution in [0.4, 0.5) is 9.18 Å². The SMILES string of the molecule is CCCOc1ccc(CC2NC(=O)OC3(CCN(C)CC3)C2Cc2ccc(F)cc2)cc1. The number of amides is 1. The summed E-state index contributed by atoms with van der Waals surface area (Å²) in [5.74, 6) is 0.717. The molecule has 2 heterocycles. The van der Waals surface area contributed by atoms with Gasteiger partial charge in [-0.1, -0.05) is 31.2 Å². The van der Waals surface area contributed by atoms with Crippen molar-refractivity contribution in [3.63, 3.8) is 0 Å². The van der Waals surface area contributed by atoms with Crippen LogP contribution in [0, 0.1) is 11.7 Å². The quantitative estimate of drug-likeness (QED) is 0.684. The summed E-state index contributed by atoms with van der Waals surface area (Å²) in [6, 6.07) is 14.7. The number of likely N-dealkylation sites (tertiary alicyclic amines) is 1. The minimum atomic E-state index is -0.502. The highest BCUT2D eigenvalue weighted by Gasteiger charge is 2.51. The molecule has 2 aliphatic rings. The Bertz CT molecular complexity index is 892. The molecule has 172 valence electrons. The molecule has 2 aromatic rings. The molecule has 32 heavy (non-hydrogen) atoms. The molecule has 0 aliphatic carbocycles. The van der Waals surface area contributed by atoms with Gasteiger partial charge in [0.25, 0.3) is 0 Å². The van der Waals surface area contributed by atoms with Crippen molar-refractivity contribution in [2.24, 2.45) is 5.92 Å². The summed E-state index contributed by atoms with van der Waals surface area (Å²) in [5.41, 5.74) is 1.70. The summed E-state index contributed by atoms with van der Waals surface area (Å²) in [6.45, 7) is 4.57. The van der Waals surface area contributed by atoms with E-state index in [9.17, 15) is 9.18 Å². The van der Waals surface area contributed by atoms with Gasteiger partial charge in [-0.25, -0.2) is 9.18 Å². The fourth-order valence-corrected chi connectivity index (χ4v) is 4.97. The monoisotopic (exact) mass is 440 g/mol. The van der Waals surface area contributed by atoms with Gasteiger partial charge in [0.15, 0.2) is 0 Å². The van der Waals surface area contributed by atoms with E-state index in [2.05, 4.69) is 36.3 Å². The zero-order valence-electron chi connectivity index (χ0n) is 19.0. The Balaban J connectivity index is 1.58. The van der Waals surface area contributed by atoms with Gasteiger partial charge in [-0.05, 0) is 61.7 Å². The van der Waals surface area contributed by atoms with E-state index in [0.29, 0.717) is 13.0 Å². The first-order chi connectivity index (χ1) is 15.5. The minimum Gasteiger partial charge on any atom is -0.494 e. The van der Waals surface area contributed by atoms with E-state index in [1.54, 1.807) is 0 Å². The van der Waals surface area contributed by atoms with Crippen LogP contribution in [0.15, 0.2) is 48.5 Å². The number of halogens is 1. The van der Waals surface area contributed by atoms with Gasteiger partial charge in [0.2, 0.25) is 0 Å². The van der Waals surface area contributed by atoms with Crippen molar-refractivity contribution in [2.45, 2.75) is 50.7 Å². The number of nitrogens with zero attached hydrogens (tertiary/aromatic N) is 1. The Hall–Kier alpha value is -2.60. The van der Waals surface area contributed by atoms with Crippen molar-refractivity contribution in [1.82, 2.24) is 10.2 Å². The predicted molar refractivity (Wildman–Crippen MR) is 122 cm³/mol. The van der Waals surface area contributed by atoms with Crippen LogP contribution in [-0.2, 0) is 17.6 Å². The molecule has 1 spiro atoms. The molecule has 1 N–H and O–H groups in total. The summed E-state index contributed by atoms with van der Waals surface area (Å²) in [5, 5.41) is 3.10. The van der Waals surface area contributed by atoms with Crippen LogP contribution < -0.4 is 10.1 Å². The van der Waals surface area contributed by atoms with Crippen molar-refractivity contribution >= 4 is 6.09 Å². The molecule has 2 aliphatic heterocycles. The molecule has 2 fully saturated rings. The molecule has 4 rings (SSSR count). The maximum Gasteiger partial charge on any atom is 0.407 e. The van der Waals surface area contributed by atoms with Crippen LogP contribution in [-0.4, -0.2) is 49.4 Å². The van der Waals surface area contributed by atoms with E-state index in [4.69, 9.17) is 9.47 Å². The van der Waals surface area contributed by atoms with Crippen LogP contribution in [0.2, 0.25) is 0 Å². The van der Waals surface area contributed by atoms with E-state index in [0.717, 1.165) is 55.6 Å². The molecule has 2 saturated heterocycles. The summed E-state index contributed by atoms with van der Waals surface area (Å²) >= 11 is 0. The van der Waals surface area contributed by atoms with E-state index in [1.165, 1.54) is 12.1 Å².